The number of nitrogens with one attached hydrogen (secondary N) is 2. The molecule has 0 radical (unpaired) electrons. The van der Waals surface area contributed by atoms with Crippen LogP contribution in [0.15, 0.2) is 54.6 Å². The molecule has 2 aromatic rings. The third-order valence-electron chi connectivity index (χ3n) is 4.30. The van der Waals surface area contributed by atoms with E-state index in [9.17, 15) is 14.4 Å². The molecule has 1 atom stereocenters. The van der Waals surface area contributed by atoms with Crippen LogP contribution in [-0.4, -0.2) is 43.6 Å². The molecule has 2 amide bonds. The van der Waals surface area contributed by atoms with Gasteiger partial charge in [-0.1, -0.05) is 30.3 Å². The predicted octanol–water partition coefficient (Wildman–Crippen LogP) is 2.50. The fraction of sp³-hybridized carbons (Fsp3) is 0.348. The number of amides is 2. The summed E-state index contributed by atoms with van der Waals surface area (Å²) in [6.45, 7) is 3.62. The first kappa shape index (κ1) is 22.9. The van der Waals surface area contributed by atoms with Gasteiger partial charge in [0, 0.05) is 11.6 Å². The van der Waals surface area contributed by atoms with E-state index in [1.807, 2.05) is 44.2 Å². The number of hydrogen-bond donors (Lipinski definition) is 2. The Morgan fingerprint density at radius 2 is 1.70 bits per heavy atom. The molecule has 0 fully saturated rings. The van der Waals surface area contributed by atoms with Gasteiger partial charge in [0.2, 0.25) is 0 Å². The summed E-state index contributed by atoms with van der Waals surface area (Å²) < 4.78 is 10.2. The molecule has 2 rings (SSSR count). The van der Waals surface area contributed by atoms with Crippen LogP contribution in [0.5, 0.6) is 5.75 Å². The molecule has 2 N–H and O–H groups in total. The average molecular weight is 412 g/mol. The summed E-state index contributed by atoms with van der Waals surface area (Å²) in [5, 5.41) is 5.26. The minimum Gasteiger partial charge on any atom is -0.494 e. The van der Waals surface area contributed by atoms with Crippen LogP contribution < -0.4 is 15.4 Å². The zero-order chi connectivity index (χ0) is 21.8. The molecular weight excluding hydrogens is 384 g/mol. The summed E-state index contributed by atoms with van der Waals surface area (Å²) in [6, 6.07) is 16.5. The molecule has 0 saturated carbocycles. The molecule has 0 unspecified atom stereocenters. The number of hydrogen-bond acceptors (Lipinski definition) is 5. The van der Waals surface area contributed by atoms with Gasteiger partial charge in [0.15, 0.2) is 6.61 Å². The van der Waals surface area contributed by atoms with Crippen LogP contribution in [0.2, 0.25) is 0 Å². The van der Waals surface area contributed by atoms with Crippen LogP contribution in [0.25, 0.3) is 0 Å². The van der Waals surface area contributed by atoms with Crippen LogP contribution in [0.1, 0.15) is 36.2 Å². The van der Waals surface area contributed by atoms with Crippen LogP contribution >= 0.6 is 0 Å². The zero-order valence-electron chi connectivity index (χ0n) is 17.4. The van der Waals surface area contributed by atoms with Gasteiger partial charge in [-0.2, -0.15) is 0 Å². The van der Waals surface area contributed by atoms with Gasteiger partial charge >= 0.3 is 5.97 Å². The molecule has 0 aliphatic carbocycles. The maximum absolute atomic E-state index is 12.1. The maximum Gasteiger partial charge on any atom is 0.325 e. The summed E-state index contributed by atoms with van der Waals surface area (Å²) in [7, 11) is 0. The Balaban J connectivity index is 1.63. The average Bonchev–Trinajstić information content (AvgIpc) is 2.76. The van der Waals surface area contributed by atoms with E-state index in [-0.39, 0.29) is 25.1 Å². The van der Waals surface area contributed by atoms with Crippen molar-refractivity contribution in [1.29, 1.82) is 0 Å². The predicted molar refractivity (Wildman–Crippen MR) is 113 cm³/mol. The maximum atomic E-state index is 12.1. The SMILES string of the molecule is CCOc1ccc(C(=O)NCC(=O)OCC(=O)N[C@@H](C)CCc2ccccc2)cc1. The van der Waals surface area contributed by atoms with Crippen molar-refractivity contribution in [2.24, 2.45) is 0 Å². The van der Waals surface area contributed by atoms with E-state index in [4.69, 9.17) is 9.47 Å². The topological polar surface area (TPSA) is 93.7 Å². The standard InChI is InChI=1S/C23H28N2O5/c1-3-29-20-13-11-19(12-14-20)23(28)24-15-22(27)30-16-21(26)25-17(2)9-10-18-7-5-4-6-8-18/h4-8,11-14,17H,3,9-10,15-16H2,1-2H3,(H,24,28)(H,25,26)/t17-/m0/s1. The Morgan fingerprint density at radius 1 is 1.00 bits per heavy atom. The van der Waals surface area contributed by atoms with Crippen molar-refractivity contribution < 1.29 is 23.9 Å². The van der Waals surface area contributed by atoms with Crippen molar-refractivity contribution in [2.45, 2.75) is 32.7 Å². The van der Waals surface area contributed by atoms with Gasteiger partial charge < -0.3 is 20.1 Å². The van der Waals surface area contributed by atoms with E-state index in [0.717, 1.165) is 12.8 Å². The van der Waals surface area contributed by atoms with E-state index in [1.54, 1.807) is 24.3 Å². The lowest BCUT2D eigenvalue weighted by Crippen LogP contribution is -2.37. The van der Waals surface area contributed by atoms with Gasteiger partial charge in [-0.25, -0.2) is 0 Å². The molecule has 0 saturated heterocycles. The second kappa shape index (κ2) is 12.3. The van der Waals surface area contributed by atoms with Crippen molar-refractivity contribution in [3.8, 4) is 5.75 Å². The largest absolute Gasteiger partial charge is 0.494 e. The van der Waals surface area contributed by atoms with Crippen LogP contribution in [-0.2, 0) is 20.7 Å². The van der Waals surface area contributed by atoms with Gasteiger partial charge in [-0.05, 0) is 56.5 Å². The number of ether oxygens (including phenoxy) is 2. The third-order valence-corrected chi connectivity index (χ3v) is 4.30. The lowest BCUT2D eigenvalue weighted by molar-refractivity contribution is -0.147. The highest BCUT2D eigenvalue weighted by molar-refractivity contribution is 5.96. The van der Waals surface area contributed by atoms with Crippen LogP contribution in [0, 0.1) is 0 Å². The third kappa shape index (κ3) is 8.34. The highest BCUT2D eigenvalue weighted by Gasteiger charge is 2.12. The minimum atomic E-state index is -0.679. The number of carbonyl (C=O) groups excluding carboxylic acids is 3. The van der Waals surface area contributed by atoms with Crippen LogP contribution in [0.4, 0.5) is 0 Å². The van der Waals surface area contributed by atoms with Crippen LogP contribution in [0.3, 0.4) is 0 Å². The van der Waals surface area contributed by atoms with Crippen molar-refractivity contribution >= 4 is 17.8 Å². The first-order valence-corrected chi connectivity index (χ1v) is 9.98. The molecule has 2 aromatic carbocycles. The lowest BCUT2D eigenvalue weighted by Gasteiger charge is -2.14. The zero-order valence-corrected chi connectivity index (χ0v) is 17.4. The Kier molecular flexibility index (Phi) is 9.37. The number of benzene rings is 2. The van der Waals surface area contributed by atoms with Gasteiger partial charge in [0.25, 0.3) is 11.8 Å². The smallest absolute Gasteiger partial charge is 0.325 e. The molecule has 0 aliphatic heterocycles. The molecule has 0 spiro atoms. The fourth-order valence-corrected chi connectivity index (χ4v) is 2.74. The molecule has 7 nitrogen and oxygen atoms in total. The Labute approximate surface area is 176 Å². The van der Waals surface area contributed by atoms with E-state index >= 15 is 0 Å². The molecule has 0 aliphatic rings. The summed E-state index contributed by atoms with van der Waals surface area (Å²) in [5.74, 6) is -0.797. The molecule has 7 heteroatoms. The molecular formula is C23H28N2O5. The number of aryl methyl sites for hydroxylation is 1. The Morgan fingerprint density at radius 3 is 2.37 bits per heavy atom. The number of carbonyl (C=O) groups is 3. The van der Waals surface area contributed by atoms with Crippen molar-refractivity contribution in [3.63, 3.8) is 0 Å². The first-order chi connectivity index (χ1) is 14.5. The Hall–Kier alpha value is -3.35. The first-order valence-electron chi connectivity index (χ1n) is 9.98. The summed E-state index contributed by atoms with van der Waals surface area (Å²) in [4.78, 5) is 35.8. The monoisotopic (exact) mass is 412 g/mol. The number of esters is 1. The number of rotatable bonds is 11. The van der Waals surface area contributed by atoms with Gasteiger partial charge in [0.05, 0.1) is 6.61 Å². The van der Waals surface area contributed by atoms with E-state index in [0.29, 0.717) is 17.9 Å². The second-order valence-electron chi connectivity index (χ2n) is 6.79. The normalized spacial score (nSPS) is 11.3. The van der Waals surface area contributed by atoms with Crippen molar-refractivity contribution in [2.75, 3.05) is 19.8 Å². The molecule has 160 valence electrons. The second-order valence-corrected chi connectivity index (χ2v) is 6.79. The minimum absolute atomic E-state index is 0.0456. The molecule has 0 bridgehead atoms. The van der Waals surface area contributed by atoms with E-state index < -0.39 is 11.9 Å². The summed E-state index contributed by atoms with van der Waals surface area (Å²) >= 11 is 0. The van der Waals surface area contributed by atoms with Crippen molar-refractivity contribution in [3.05, 3.63) is 65.7 Å². The quantitative estimate of drug-likeness (QED) is 0.553. The highest BCUT2D eigenvalue weighted by Crippen LogP contribution is 2.11. The summed E-state index contributed by atoms with van der Waals surface area (Å²) in [5.41, 5.74) is 1.60. The van der Waals surface area contributed by atoms with E-state index in [2.05, 4.69) is 10.6 Å². The lowest BCUT2D eigenvalue weighted by atomic mass is 10.1. The van der Waals surface area contributed by atoms with Gasteiger partial charge in [0.1, 0.15) is 12.3 Å². The Bertz CT molecular complexity index is 821. The fourth-order valence-electron chi connectivity index (χ4n) is 2.74. The molecule has 0 aromatic heterocycles. The van der Waals surface area contributed by atoms with Crippen molar-refractivity contribution in [1.82, 2.24) is 10.6 Å². The molecule has 30 heavy (non-hydrogen) atoms. The highest BCUT2D eigenvalue weighted by atomic mass is 16.5. The van der Waals surface area contributed by atoms with Gasteiger partial charge in [-0.3, -0.25) is 14.4 Å². The molecule has 0 heterocycles. The van der Waals surface area contributed by atoms with Gasteiger partial charge in [-0.15, -0.1) is 0 Å². The van der Waals surface area contributed by atoms with E-state index in [1.165, 1.54) is 5.56 Å². The summed E-state index contributed by atoms with van der Waals surface area (Å²) in [6.07, 6.45) is 1.63.